The van der Waals surface area contributed by atoms with E-state index in [2.05, 4.69) is 5.32 Å². The monoisotopic (exact) mass is 294 g/mol. The topological polar surface area (TPSA) is 64.4 Å². The summed E-state index contributed by atoms with van der Waals surface area (Å²) in [4.78, 5) is 10.3. The first-order valence-electron chi connectivity index (χ1n) is 6.13. The van der Waals surface area contributed by atoms with Gasteiger partial charge in [0.15, 0.2) is 11.6 Å². The maximum atomic E-state index is 12.9. The lowest BCUT2D eigenvalue weighted by Crippen LogP contribution is -2.12. The van der Waals surface area contributed by atoms with Crippen molar-refractivity contribution in [1.29, 1.82) is 0 Å². The smallest absolute Gasteiger partial charge is 0.292 e. The van der Waals surface area contributed by atoms with Crippen LogP contribution in [0.25, 0.3) is 0 Å². The molecule has 0 fully saturated rings. The van der Waals surface area contributed by atoms with Crippen LogP contribution in [0.15, 0.2) is 42.5 Å². The van der Waals surface area contributed by atoms with Crippen LogP contribution < -0.4 is 10.1 Å². The molecule has 2 aromatic carbocycles. The number of anilines is 1. The van der Waals surface area contributed by atoms with E-state index in [1.54, 1.807) is 18.2 Å². The van der Waals surface area contributed by atoms with E-state index in [1.807, 2.05) is 0 Å². The van der Waals surface area contributed by atoms with Gasteiger partial charge in [-0.3, -0.25) is 10.1 Å². The first kappa shape index (κ1) is 14.7. The third-order valence-electron chi connectivity index (χ3n) is 2.68. The molecule has 0 amide bonds. The summed E-state index contributed by atoms with van der Waals surface area (Å²) in [6, 6.07) is 9.44. The summed E-state index contributed by atoms with van der Waals surface area (Å²) < 4.78 is 30.9. The second-order valence-electron chi connectivity index (χ2n) is 4.13. The van der Waals surface area contributed by atoms with Crippen LogP contribution in [0.2, 0.25) is 0 Å². The normalized spacial score (nSPS) is 10.2. The summed E-state index contributed by atoms with van der Waals surface area (Å²) >= 11 is 0. The van der Waals surface area contributed by atoms with E-state index in [1.165, 1.54) is 12.1 Å². The van der Waals surface area contributed by atoms with Crippen LogP contribution in [-0.4, -0.2) is 18.1 Å². The van der Waals surface area contributed by atoms with E-state index in [9.17, 15) is 18.9 Å². The Morgan fingerprint density at radius 1 is 1.14 bits per heavy atom. The van der Waals surface area contributed by atoms with Crippen LogP contribution in [0, 0.1) is 21.7 Å². The molecule has 0 saturated carbocycles. The van der Waals surface area contributed by atoms with Crippen LogP contribution in [-0.2, 0) is 0 Å². The predicted molar refractivity (Wildman–Crippen MR) is 73.4 cm³/mol. The van der Waals surface area contributed by atoms with Crippen LogP contribution >= 0.6 is 0 Å². The summed E-state index contributed by atoms with van der Waals surface area (Å²) in [6.07, 6.45) is 0. The van der Waals surface area contributed by atoms with Crippen molar-refractivity contribution < 1.29 is 18.4 Å². The minimum atomic E-state index is -0.987. The Morgan fingerprint density at radius 2 is 1.90 bits per heavy atom. The lowest BCUT2D eigenvalue weighted by Gasteiger charge is -2.09. The van der Waals surface area contributed by atoms with Gasteiger partial charge in [0.2, 0.25) is 0 Å². The lowest BCUT2D eigenvalue weighted by molar-refractivity contribution is -0.384. The van der Waals surface area contributed by atoms with Gasteiger partial charge in [-0.05, 0) is 18.2 Å². The van der Waals surface area contributed by atoms with Crippen molar-refractivity contribution in [3.8, 4) is 5.75 Å². The molecule has 1 N–H and O–H groups in total. The quantitative estimate of drug-likeness (QED) is 0.504. The maximum absolute atomic E-state index is 12.9. The molecule has 5 nitrogen and oxygen atoms in total. The number of rotatable bonds is 6. The molecular weight excluding hydrogens is 282 g/mol. The largest absolute Gasteiger partial charge is 0.492 e. The summed E-state index contributed by atoms with van der Waals surface area (Å²) in [5, 5.41) is 13.7. The summed E-state index contributed by atoms with van der Waals surface area (Å²) in [7, 11) is 0. The fourth-order valence-electron chi connectivity index (χ4n) is 1.70. The Balaban J connectivity index is 1.87. The van der Waals surface area contributed by atoms with Gasteiger partial charge in [0.1, 0.15) is 18.0 Å². The number of nitro groups is 1. The third-order valence-corrected chi connectivity index (χ3v) is 2.68. The molecule has 0 unspecified atom stereocenters. The molecule has 0 atom stereocenters. The molecule has 2 aromatic rings. The minimum Gasteiger partial charge on any atom is -0.492 e. The highest BCUT2D eigenvalue weighted by atomic mass is 19.2. The number of para-hydroxylation sites is 2. The van der Waals surface area contributed by atoms with Gasteiger partial charge in [0.05, 0.1) is 4.92 Å². The van der Waals surface area contributed by atoms with Gasteiger partial charge in [-0.1, -0.05) is 12.1 Å². The van der Waals surface area contributed by atoms with E-state index >= 15 is 0 Å². The average Bonchev–Trinajstić information content (AvgIpc) is 2.47. The van der Waals surface area contributed by atoms with Crippen molar-refractivity contribution in [2.24, 2.45) is 0 Å². The zero-order valence-corrected chi connectivity index (χ0v) is 10.9. The van der Waals surface area contributed by atoms with E-state index in [0.29, 0.717) is 5.69 Å². The molecule has 0 radical (unpaired) electrons. The second-order valence-corrected chi connectivity index (χ2v) is 4.13. The average molecular weight is 294 g/mol. The molecule has 0 bridgehead atoms. The van der Waals surface area contributed by atoms with Gasteiger partial charge in [0.25, 0.3) is 5.69 Å². The molecule has 0 heterocycles. The van der Waals surface area contributed by atoms with Gasteiger partial charge < -0.3 is 10.1 Å². The molecule has 0 spiro atoms. The zero-order chi connectivity index (χ0) is 15.2. The summed E-state index contributed by atoms with van der Waals surface area (Å²) in [6.45, 7) is 0.432. The number of nitrogens with zero attached hydrogens (tertiary/aromatic N) is 1. The Bertz CT molecular complexity index is 650. The van der Waals surface area contributed by atoms with Crippen LogP contribution in [0.4, 0.5) is 20.2 Å². The fraction of sp³-hybridized carbons (Fsp3) is 0.143. The SMILES string of the molecule is O=[N+]([O-])c1ccccc1NCCOc1ccc(F)c(F)c1. The Kier molecular flexibility index (Phi) is 4.65. The van der Waals surface area contributed by atoms with Gasteiger partial charge in [-0.2, -0.15) is 0 Å². The van der Waals surface area contributed by atoms with Gasteiger partial charge in [-0.25, -0.2) is 8.78 Å². The molecule has 21 heavy (non-hydrogen) atoms. The molecular formula is C14H12F2N2O3. The van der Waals surface area contributed by atoms with Gasteiger partial charge >= 0.3 is 0 Å². The van der Waals surface area contributed by atoms with Crippen LogP contribution in [0.3, 0.4) is 0 Å². The summed E-state index contributed by atoms with van der Waals surface area (Å²) in [5.41, 5.74) is 0.335. The van der Waals surface area contributed by atoms with Crippen molar-refractivity contribution in [3.63, 3.8) is 0 Å². The zero-order valence-electron chi connectivity index (χ0n) is 10.9. The molecule has 7 heteroatoms. The highest BCUT2D eigenvalue weighted by Crippen LogP contribution is 2.22. The fourth-order valence-corrected chi connectivity index (χ4v) is 1.70. The van der Waals surface area contributed by atoms with Crippen molar-refractivity contribution in [3.05, 3.63) is 64.2 Å². The Labute approximate surface area is 119 Å². The number of hydrogen-bond donors (Lipinski definition) is 1. The van der Waals surface area contributed by atoms with Crippen molar-refractivity contribution in [1.82, 2.24) is 0 Å². The first-order valence-corrected chi connectivity index (χ1v) is 6.13. The van der Waals surface area contributed by atoms with Crippen LogP contribution in [0.5, 0.6) is 5.75 Å². The Hall–Kier alpha value is -2.70. The number of hydrogen-bond acceptors (Lipinski definition) is 4. The standard InChI is InChI=1S/C14H12F2N2O3/c15-11-6-5-10(9-12(11)16)21-8-7-17-13-3-1-2-4-14(13)18(19)20/h1-6,9,17H,7-8H2. The van der Waals surface area contributed by atoms with Crippen LogP contribution in [0.1, 0.15) is 0 Å². The minimum absolute atomic E-state index is 0.0367. The number of benzene rings is 2. The van der Waals surface area contributed by atoms with Gasteiger partial charge in [0, 0.05) is 18.7 Å². The van der Waals surface area contributed by atoms with E-state index in [-0.39, 0.29) is 24.6 Å². The van der Waals surface area contributed by atoms with E-state index in [4.69, 9.17) is 4.74 Å². The first-order chi connectivity index (χ1) is 10.1. The molecule has 0 aliphatic carbocycles. The van der Waals surface area contributed by atoms with E-state index < -0.39 is 16.6 Å². The molecule has 0 aliphatic rings. The lowest BCUT2D eigenvalue weighted by atomic mass is 10.2. The van der Waals surface area contributed by atoms with Crippen molar-refractivity contribution in [2.45, 2.75) is 0 Å². The second kappa shape index (κ2) is 6.65. The number of ether oxygens (including phenoxy) is 1. The highest BCUT2D eigenvalue weighted by Gasteiger charge is 2.11. The number of nitrogens with one attached hydrogen (secondary N) is 1. The van der Waals surface area contributed by atoms with E-state index in [0.717, 1.165) is 12.1 Å². The molecule has 110 valence electrons. The van der Waals surface area contributed by atoms with Crippen molar-refractivity contribution >= 4 is 11.4 Å². The number of nitro benzene ring substituents is 1. The van der Waals surface area contributed by atoms with Crippen molar-refractivity contribution in [2.75, 3.05) is 18.5 Å². The number of halogens is 2. The molecule has 0 aromatic heterocycles. The molecule has 0 aliphatic heterocycles. The summed E-state index contributed by atoms with van der Waals surface area (Å²) in [5.74, 6) is -1.74. The highest BCUT2D eigenvalue weighted by molar-refractivity contribution is 5.60. The molecule has 0 saturated heterocycles. The predicted octanol–water partition coefficient (Wildman–Crippen LogP) is 3.36. The maximum Gasteiger partial charge on any atom is 0.292 e. The van der Waals surface area contributed by atoms with Gasteiger partial charge in [-0.15, -0.1) is 0 Å². The molecule has 2 rings (SSSR count). The third kappa shape index (κ3) is 3.88. The Morgan fingerprint density at radius 3 is 2.62 bits per heavy atom.